The van der Waals surface area contributed by atoms with Gasteiger partial charge >= 0.3 is 0 Å². The quantitative estimate of drug-likeness (QED) is 0.816. The lowest BCUT2D eigenvalue weighted by atomic mass is 9.86. The smallest absolute Gasteiger partial charge is 0.119 e. The van der Waals surface area contributed by atoms with Crippen LogP contribution in [-0.2, 0) is 0 Å². The van der Waals surface area contributed by atoms with Gasteiger partial charge in [0.25, 0.3) is 0 Å². The second-order valence-electron chi connectivity index (χ2n) is 5.70. The van der Waals surface area contributed by atoms with Gasteiger partial charge in [-0.25, -0.2) is 0 Å². The van der Waals surface area contributed by atoms with Crippen LogP contribution in [-0.4, -0.2) is 17.3 Å². The number of benzene rings is 2. The molecule has 0 bridgehead atoms. The van der Waals surface area contributed by atoms with Crippen LogP contribution in [0.3, 0.4) is 0 Å². The molecular weight excluding hydrogens is 260 g/mol. The molecular formula is C19H24O2. The Morgan fingerprint density at radius 1 is 1.00 bits per heavy atom. The molecule has 2 aromatic rings. The summed E-state index contributed by atoms with van der Waals surface area (Å²) in [4.78, 5) is 0. The van der Waals surface area contributed by atoms with Gasteiger partial charge in [-0.3, -0.25) is 0 Å². The lowest BCUT2D eigenvalue weighted by Gasteiger charge is -2.30. The normalized spacial score (nSPS) is 15.2. The third-order valence-electron chi connectivity index (χ3n) is 3.96. The summed E-state index contributed by atoms with van der Waals surface area (Å²) in [6.07, 6.45) is 1.37. The fraction of sp³-hybridized carbons (Fsp3) is 0.368. The summed E-state index contributed by atoms with van der Waals surface area (Å²) >= 11 is 0. The van der Waals surface area contributed by atoms with Crippen molar-refractivity contribution in [1.29, 1.82) is 0 Å². The van der Waals surface area contributed by atoms with E-state index in [1.807, 2.05) is 55.5 Å². The summed E-state index contributed by atoms with van der Waals surface area (Å²) in [7, 11) is 0. The second kappa shape index (κ2) is 7.28. The van der Waals surface area contributed by atoms with Gasteiger partial charge in [-0.1, -0.05) is 62.4 Å². The van der Waals surface area contributed by atoms with Gasteiger partial charge in [0.2, 0.25) is 0 Å². The molecule has 0 spiro atoms. The van der Waals surface area contributed by atoms with Crippen LogP contribution in [0.15, 0.2) is 60.7 Å². The standard InChI is InChI=1S/C19H24O2/c1-3-19(20,15-21-18-12-8-5-9-13-18)14-16(2)17-10-6-4-7-11-17/h4-13,16,20H,3,14-15H2,1-2H3. The molecule has 0 saturated heterocycles. The Bertz CT molecular complexity index is 524. The molecule has 0 saturated carbocycles. The molecule has 2 aromatic carbocycles. The number of hydrogen-bond donors (Lipinski definition) is 1. The van der Waals surface area contributed by atoms with Crippen molar-refractivity contribution < 1.29 is 9.84 Å². The van der Waals surface area contributed by atoms with E-state index in [9.17, 15) is 5.11 Å². The minimum Gasteiger partial charge on any atom is -0.491 e. The van der Waals surface area contributed by atoms with E-state index in [2.05, 4.69) is 19.1 Å². The molecule has 2 unspecified atom stereocenters. The zero-order valence-electron chi connectivity index (χ0n) is 12.8. The maximum atomic E-state index is 10.8. The van der Waals surface area contributed by atoms with Crippen LogP contribution in [0.1, 0.15) is 38.2 Å². The molecule has 2 rings (SSSR count). The molecule has 2 heteroatoms. The molecule has 0 fully saturated rings. The average Bonchev–Trinajstić information content (AvgIpc) is 2.55. The van der Waals surface area contributed by atoms with Gasteiger partial charge < -0.3 is 9.84 Å². The Labute approximate surface area is 127 Å². The summed E-state index contributed by atoms with van der Waals surface area (Å²) in [5.41, 5.74) is 0.453. The highest BCUT2D eigenvalue weighted by Crippen LogP contribution is 2.28. The van der Waals surface area contributed by atoms with Crippen molar-refractivity contribution in [1.82, 2.24) is 0 Å². The van der Waals surface area contributed by atoms with E-state index in [-0.39, 0.29) is 0 Å². The first-order valence-electron chi connectivity index (χ1n) is 7.58. The summed E-state index contributed by atoms with van der Waals surface area (Å²) in [5, 5.41) is 10.8. The van der Waals surface area contributed by atoms with E-state index in [1.165, 1.54) is 5.56 Å². The predicted octanol–water partition coefficient (Wildman–Crippen LogP) is 4.40. The number of rotatable bonds is 7. The zero-order chi connectivity index (χ0) is 15.1. The van der Waals surface area contributed by atoms with Gasteiger partial charge in [0.15, 0.2) is 0 Å². The van der Waals surface area contributed by atoms with Crippen LogP contribution in [0.4, 0.5) is 0 Å². The molecule has 0 heterocycles. The van der Waals surface area contributed by atoms with Crippen LogP contribution >= 0.6 is 0 Å². The number of para-hydroxylation sites is 1. The molecule has 0 aliphatic heterocycles. The highest BCUT2D eigenvalue weighted by Gasteiger charge is 2.28. The van der Waals surface area contributed by atoms with Crippen molar-refractivity contribution in [2.24, 2.45) is 0 Å². The van der Waals surface area contributed by atoms with Crippen LogP contribution < -0.4 is 4.74 Å². The molecule has 21 heavy (non-hydrogen) atoms. The molecule has 2 nitrogen and oxygen atoms in total. The summed E-state index contributed by atoms with van der Waals surface area (Å²) in [5.74, 6) is 1.10. The zero-order valence-corrected chi connectivity index (χ0v) is 12.8. The van der Waals surface area contributed by atoms with Gasteiger partial charge in [-0.15, -0.1) is 0 Å². The predicted molar refractivity (Wildman–Crippen MR) is 86.7 cm³/mol. The van der Waals surface area contributed by atoms with Crippen molar-refractivity contribution >= 4 is 0 Å². The van der Waals surface area contributed by atoms with Crippen molar-refractivity contribution in [2.75, 3.05) is 6.61 Å². The molecule has 0 amide bonds. The molecule has 1 N–H and O–H groups in total. The van der Waals surface area contributed by atoms with Gasteiger partial charge in [-0.05, 0) is 36.5 Å². The Morgan fingerprint density at radius 3 is 2.14 bits per heavy atom. The van der Waals surface area contributed by atoms with E-state index in [1.54, 1.807) is 0 Å². The van der Waals surface area contributed by atoms with Gasteiger partial charge in [-0.2, -0.15) is 0 Å². The lowest BCUT2D eigenvalue weighted by molar-refractivity contribution is -0.0196. The largest absolute Gasteiger partial charge is 0.491 e. The first kappa shape index (κ1) is 15.6. The van der Waals surface area contributed by atoms with E-state index in [0.29, 0.717) is 25.4 Å². The molecule has 2 atom stereocenters. The van der Waals surface area contributed by atoms with Gasteiger partial charge in [0.1, 0.15) is 12.4 Å². The third-order valence-corrected chi connectivity index (χ3v) is 3.96. The minimum absolute atomic E-state index is 0.301. The molecule has 0 aliphatic rings. The summed E-state index contributed by atoms with van der Waals surface area (Å²) in [6, 6.07) is 20.0. The maximum absolute atomic E-state index is 10.8. The van der Waals surface area contributed by atoms with Crippen molar-refractivity contribution in [3.05, 3.63) is 66.2 Å². The maximum Gasteiger partial charge on any atom is 0.119 e. The minimum atomic E-state index is -0.800. The van der Waals surface area contributed by atoms with Crippen LogP contribution in [0, 0.1) is 0 Å². The number of hydrogen-bond acceptors (Lipinski definition) is 2. The SMILES string of the molecule is CCC(O)(COc1ccccc1)CC(C)c1ccccc1. The van der Waals surface area contributed by atoms with Crippen LogP contribution in [0.5, 0.6) is 5.75 Å². The Balaban J connectivity index is 1.97. The van der Waals surface area contributed by atoms with Gasteiger partial charge in [0, 0.05) is 0 Å². The lowest BCUT2D eigenvalue weighted by Crippen LogP contribution is -2.36. The topological polar surface area (TPSA) is 29.5 Å². The number of ether oxygens (including phenoxy) is 1. The van der Waals surface area contributed by atoms with Gasteiger partial charge in [0.05, 0.1) is 5.60 Å². The Morgan fingerprint density at radius 2 is 1.57 bits per heavy atom. The number of aliphatic hydroxyl groups is 1. The highest BCUT2D eigenvalue weighted by atomic mass is 16.5. The first-order chi connectivity index (χ1) is 10.1. The molecule has 0 aromatic heterocycles. The van der Waals surface area contributed by atoms with Crippen molar-refractivity contribution in [2.45, 2.75) is 38.2 Å². The fourth-order valence-electron chi connectivity index (χ4n) is 2.51. The Hall–Kier alpha value is -1.80. The van der Waals surface area contributed by atoms with E-state index >= 15 is 0 Å². The van der Waals surface area contributed by atoms with Crippen LogP contribution in [0.25, 0.3) is 0 Å². The molecule has 112 valence electrons. The van der Waals surface area contributed by atoms with Crippen molar-refractivity contribution in [3.8, 4) is 5.75 Å². The second-order valence-corrected chi connectivity index (χ2v) is 5.70. The fourth-order valence-corrected chi connectivity index (χ4v) is 2.51. The molecule has 0 radical (unpaired) electrons. The van der Waals surface area contributed by atoms with Crippen LogP contribution in [0.2, 0.25) is 0 Å². The molecule has 0 aliphatic carbocycles. The van der Waals surface area contributed by atoms with E-state index < -0.39 is 5.60 Å². The Kier molecular flexibility index (Phi) is 5.40. The highest BCUT2D eigenvalue weighted by molar-refractivity contribution is 5.22. The first-order valence-corrected chi connectivity index (χ1v) is 7.58. The monoisotopic (exact) mass is 284 g/mol. The van der Waals surface area contributed by atoms with E-state index in [4.69, 9.17) is 4.74 Å². The van der Waals surface area contributed by atoms with E-state index in [0.717, 1.165) is 5.75 Å². The average molecular weight is 284 g/mol. The summed E-state index contributed by atoms with van der Waals surface area (Å²) < 4.78 is 5.75. The third kappa shape index (κ3) is 4.61. The van der Waals surface area contributed by atoms with Crippen molar-refractivity contribution in [3.63, 3.8) is 0 Å². The summed E-state index contributed by atoms with van der Waals surface area (Å²) in [6.45, 7) is 4.48.